The predicted molar refractivity (Wildman–Crippen MR) is 111 cm³/mol. The van der Waals surface area contributed by atoms with Crippen molar-refractivity contribution in [2.45, 2.75) is 75.9 Å². The average Bonchev–Trinajstić information content (AvgIpc) is 2.68. The van der Waals surface area contributed by atoms with E-state index in [1.165, 1.54) is 18.2 Å². The molecule has 0 aromatic heterocycles. The van der Waals surface area contributed by atoms with Crippen molar-refractivity contribution in [1.29, 1.82) is 0 Å². The van der Waals surface area contributed by atoms with Gasteiger partial charge in [-0.15, -0.1) is 0 Å². The van der Waals surface area contributed by atoms with Crippen LogP contribution >= 0.6 is 11.8 Å². The quantitative estimate of drug-likeness (QED) is 0.288. The Kier molecular flexibility index (Phi) is 11.7. The Morgan fingerprint density at radius 2 is 1.62 bits per heavy atom. The Labute approximate surface area is 175 Å². The summed E-state index contributed by atoms with van der Waals surface area (Å²) in [4.78, 5) is 47.3. The van der Waals surface area contributed by atoms with Crippen molar-refractivity contribution >= 4 is 35.5 Å². The highest BCUT2D eigenvalue weighted by Gasteiger charge is 2.29. The van der Waals surface area contributed by atoms with Gasteiger partial charge in [-0.1, -0.05) is 32.1 Å². The molecule has 0 spiro atoms. The van der Waals surface area contributed by atoms with Gasteiger partial charge in [-0.05, 0) is 37.2 Å². The summed E-state index contributed by atoms with van der Waals surface area (Å²) in [5.74, 6) is -2.60. The van der Waals surface area contributed by atoms with Crippen LogP contribution in [0, 0.1) is 5.92 Å². The lowest BCUT2D eigenvalue weighted by molar-refractivity contribution is -0.143. The molecule has 1 rings (SSSR count). The number of rotatable bonds is 13. The molecule has 0 unspecified atom stereocenters. The van der Waals surface area contributed by atoms with Crippen molar-refractivity contribution < 1.29 is 29.4 Å². The molecule has 1 aliphatic carbocycles. The van der Waals surface area contributed by atoms with Crippen LogP contribution in [-0.2, 0) is 19.2 Å². The Bertz CT molecular complexity index is 568. The number of aliphatic carboxylic acids is 2. The van der Waals surface area contributed by atoms with Gasteiger partial charge in [0.25, 0.3) is 0 Å². The van der Waals surface area contributed by atoms with Crippen molar-refractivity contribution in [2.24, 2.45) is 11.7 Å². The molecule has 1 saturated carbocycles. The maximum Gasteiger partial charge on any atom is 0.326 e. The minimum Gasteiger partial charge on any atom is -0.481 e. The summed E-state index contributed by atoms with van der Waals surface area (Å²) in [6, 6.07) is -3.03. The number of thioether (sulfide) groups is 1. The first-order valence-corrected chi connectivity index (χ1v) is 11.4. The molecule has 1 aliphatic rings. The van der Waals surface area contributed by atoms with E-state index in [1.54, 1.807) is 0 Å². The maximum absolute atomic E-state index is 12.6. The smallest absolute Gasteiger partial charge is 0.326 e. The number of carbonyl (C=O) groups excluding carboxylic acids is 2. The average molecular weight is 432 g/mol. The van der Waals surface area contributed by atoms with E-state index in [-0.39, 0.29) is 19.3 Å². The summed E-state index contributed by atoms with van der Waals surface area (Å²) in [5.41, 5.74) is 6.01. The molecule has 0 aliphatic heterocycles. The lowest BCUT2D eigenvalue weighted by Gasteiger charge is -2.26. The molecule has 0 bridgehead atoms. The minimum absolute atomic E-state index is 0.141. The van der Waals surface area contributed by atoms with Crippen LogP contribution in [0.25, 0.3) is 0 Å². The lowest BCUT2D eigenvalue weighted by Crippen LogP contribution is -2.54. The van der Waals surface area contributed by atoms with E-state index in [2.05, 4.69) is 10.6 Å². The topological polar surface area (TPSA) is 159 Å². The Balaban J connectivity index is 2.70. The van der Waals surface area contributed by atoms with Crippen LogP contribution in [0.1, 0.15) is 57.8 Å². The van der Waals surface area contributed by atoms with Crippen molar-refractivity contribution in [3.8, 4) is 0 Å². The van der Waals surface area contributed by atoms with Gasteiger partial charge in [0, 0.05) is 6.42 Å². The maximum atomic E-state index is 12.6. The van der Waals surface area contributed by atoms with E-state index in [1.807, 2.05) is 6.26 Å². The molecule has 0 aromatic rings. The highest BCUT2D eigenvalue weighted by atomic mass is 32.2. The summed E-state index contributed by atoms with van der Waals surface area (Å²) in [7, 11) is 0. The SMILES string of the molecule is CSCC[C@H](NC(=O)[C@@H](CCC(=O)O)NC(=O)[C@H](N)CC1CCCCC1)C(=O)O. The first-order chi connectivity index (χ1) is 13.7. The van der Waals surface area contributed by atoms with E-state index in [9.17, 15) is 24.3 Å². The number of hydrogen-bond acceptors (Lipinski definition) is 6. The summed E-state index contributed by atoms with van der Waals surface area (Å²) in [6.45, 7) is 0. The van der Waals surface area contributed by atoms with Gasteiger partial charge >= 0.3 is 11.9 Å². The fraction of sp³-hybridized carbons (Fsp3) is 0.789. The van der Waals surface area contributed by atoms with Crippen LogP contribution in [0.15, 0.2) is 0 Å². The van der Waals surface area contributed by atoms with Crippen molar-refractivity contribution in [3.63, 3.8) is 0 Å². The number of amides is 2. The van der Waals surface area contributed by atoms with Gasteiger partial charge < -0.3 is 26.6 Å². The van der Waals surface area contributed by atoms with Crippen LogP contribution in [0.5, 0.6) is 0 Å². The highest BCUT2D eigenvalue weighted by Crippen LogP contribution is 2.27. The third-order valence-electron chi connectivity index (χ3n) is 5.15. The van der Waals surface area contributed by atoms with Gasteiger partial charge in [0.05, 0.1) is 6.04 Å². The van der Waals surface area contributed by atoms with Crippen molar-refractivity contribution in [3.05, 3.63) is 0 Å². The molecular weight excluding hydrogens is 398 g/mol. The minimum atomic E-state index is -1.18. The molecule has 166 valence electrons. The van der Waals surface area contributed by atoms with E-state index in [0.29, 0.717) is 18.1 Å². The molecular formula is C19H33N3O6S. The number of nitrogens with two attached hydrogens (primary N) is 1. The number of carboxylic acid groups (broad SMARTS) is 2. The molecule has 9 nitrogen and oxygen atoms in total. The monoisotopic (exact) mass is 431 g/mol. The molecule has 0 saturated heterocycles. The standard InChI is InChI=1S/C19H33N3O6S/c1-29-10-9-15(19(27)28)22-18(26)14(7-8-16(23)24)21-17(25)13(20)11-12-5-3-2-4-6-12/h12-15H,2-11,20H2,1H3,(H,21,25)(H,22,26)(H,23,24)(H,27,28)/t13-,14-,15+/m1/s1. The predicted octanol–water partition coefficient (Wildman–Crippen LogP) is 0.956. The molecule has 1 fully saturated rings. The Hall–Kier alpha value is -1.81. The second-order valence-electron chi connectivity index (χ2n) is 7.52. The summed E-state index contributed by atoms with van der Waals surface area (Å²) >= 11 is 1.45. The molecule has 0 heterocycles. The first kappa shape index (κ1) is 25.2. The van der Waals surface area contributed by atoms with E-state index in [4.69, 9.17) is 10.8 Å². The van der Waals surface area contributed by atoms with Gasteiger partial charge in [-0.3, -0.25) is 14.4 Å². The molecule has 2 amide bonds. The fourth-order valence-electron chi connectivity index (χ4n) is 3.47. The van der Waals surface area contributed by atoms with Crippen molar-refractivity contribution in [1.82, 2.24) is 10.6 Å². The largest absolute Gasteiger partial charge is 0.481 e. The van der Waals surface area contributed by atoms with Crippen LogP contribution < -0.4 is 16.4 Å². The van der Waals surface area contributed by atoms with Gasteiger partial charge in [-0.25, -0.2) is 4.79 Å². The summed E-state index contributed by atoms with van der Waals surface area (Å²) in [6.07, 6.45) is 7.58. The normalized spacial score (nSPS) is 17.7. The van der Waals surface area contributed by atoms with Crippen LogP contribution in [0.2, 0.25) is 0 Å². The Morgan fingerprint density at radius 3 is 2.17 bits per heavy atom. The third-order valence-corrected chi connectivity index (χ3v) is 5.80. The first-order valence-electron chi connectivity index (χ1n) is 10.0. The highest BCUT2D eigenvalue weighted by molar-refractivity contribution is 7.98. The van der Waals surface area contributed by atoms with Gasteiger partial charge in [0.1, 0.15) is 12.1 Å². The van der Waals surface area contributed by atoms with E-state index < -0.39 is 41.9 Å². The number of carboxylic acids is 2. The Morgan fingerprint density at radius 1 is 1.00 bits per heavy atom. The molecule has 29 heavy (non-hydrogen) atoms. The molecule has 10 heteroatoms. The number of carbonyl (C=O) groups is 4. The van der Waals surface area contributed by atoms with Gasteiger partial charge in [0.2, 0.25) is 11.8 Å². The van der Waals surface area contributed by atoms with Crippen LogP contribution in [0.3, 0.4) is 0 Å². The van der Waals surface area contributed by atoms with E-state index in [0.717, 1.165) is 25.7 Å². The molecule has 0 aromatic carbocycles. The molecule has 0 radical (unpaired) electrons. The van der Waals surface area contributed by atoms with Crippen LogP contribution in [0.4, 0.5) is 0 Å². The third kappa shape index (κ3) is 9.98. The second kappa shape index (κ2) is 13.4. The zero-order valence-corrected chi connectivity index (χ0v) is 17.7. The lowest BCUT2D eigenvalue weighted by atomic mass is 9.85. The zero-order valence-electron chi connectivity index (χ0n) is 16.9. The molecule has 6 N–H and O–H groups in total. The van der Waals surface area contributed by atoms with Crippen LogP contribution in [-0.4, -0.2) is 64.1 Å². The summed E-state index contributed by atoms with van der Waals surface area (Å²) in [5, 5.41) is 23.1. The zero-order chi connectivity index (χ0) is 21.8. The van der Waals surface area contributed by atoms with E-state index >= 15 is 0 Å². The summed E-state index contributed by atoms with van der Waals surface area (Å²) < 4.78 is 0. The molecule has 3 atom stereocenters. The van der Waals surface area contributed by atoms with Gasteiger partial charge in [0.15, 0.2) is 0 Å². The van der Waals surface area contributed by atoms with Gasteiger partial charge in [-0.2, -0.15) is 11.8 Å². The van der Waals surface area contributed by atoms with Crippen molar-refractivity contribution in [2.75, 3.05) is 12.0 Å². The number of nitrogens with one attached hydrogen (secondary N) is 2. The number of hydrogen-bond donors (Lipinski definition) is 5. The second-order valence-corrected chi connectivity index (χ2v) is 8.51. The fourth-order valence-corrected chi connectivity index (χ4v) is 3.94.